The summed E-state index contributed by atoms with van der Waals surface area (Å²) in [5, 5.41) is 18.6. The summed E-state index contributed by atoms with van der Waals surface area (Å²) in [7, 11) is 0. The Morgan fingerprint density at radius 3 is 2.77 bits per heavy atom. The minimum atomic E-state index is -0.530. The van der Waals surface area contributed by atoms with Gasteiger partial charge in [-0.25, -0.2) is 0 Å². The van der Waals surface area contributed by atoms with E-state index in [0.717, 1.165) is 16.5 Å². The number of rotatable bonds is 3. The van der Waals surface area contributed by atoms with Crippen molar-refractivity contribution >= 4 is 22.5 Å². The molecule has 0 saturated heterocycles. The van der Waals surface area contributed by atoms with Gasteiger partial charge in [-0.05, 0) is 41.8 Å². The summed E-state index contributed by atoms with van der Waals surface area (Å²) in [5.74, 6) is 0.772. The van der Waals surface area contributed by atoms with E-state index in [1.54, 1.807) is 18.2 Å². The maximum absolute atomic E-state index is 12.3. The van der Waals surface area contributed by atoms with Gasteiger partial charge in [-0.1, -0.05) is 19.9 Å². The van der Waals surface area contributed by atoms with E-state index in [2.05, 4.69) is 29.1 Å². The second-order valence-corrected chi connectivity index (χ2v) is 6.36. The van der Waals surface area contributed by atoms with Gasteiger partial charge in [-0.2, -0.15) is 0 Å². The van der Waals surface area contributed by atoms with E-state index < -0.39 is 5.91 Å². The van der Waals surface area contributed by atoms with Crippen LogP contribution in [0.15, 0.2) is 46.6 Å². The van der Waals surface area contributed by atoms with Crippen molar-refractivity contribution in [3.63, 3.8) is 0 Å². The number of carbonyl (C=O) groups is 1. The summed E-state index contributed by atoms with van der Waals surface area (Å²) in [4.78, 5) is 15.2. The van der Waals surface area contributed by atoms with Crippen molar-refractivity contribution in [2.24, 2.45) is 10.2 Å². The van der Waals surface area contributed by atoms with Crippen LogP contribution in [-0.2, 0) is 0 Å². The molecule has 0 bridgehead atoms. The number of aromatic hydroxyl groups is 1. The summed E-state index contributed by atoms with van der Waals surface area (Å²) < 4.78 is 10.5. The van der Waals surface area contributed by atoms with E-state index in [9.17, 15) is 9.90 Å². The first-order valence-electron chi connectivity index (χ1n) is 8.23. The number of benzene rings is 2. The highest BCUT2D eigenvalue weighted by Gasteiger charge is 2.17. The third kappa shape index (κ3) is 2.77. The van der Waals surface area contributed by atoms with Gasteiger partial charge in [0.1, 0.15) is 0 Å². The fourth-order valence-electron chi connectivity index (χ4n) is 2.82. The average Bonchev–Trinajstić information content (AvgIpc) is 3.21. The number of aromatic amines is 1. The van der Waals surface area contributed by atoms with E-state index in [-0.39, 0.29) is 18.4 Å². The van der Waals surface area contributed by atoms with Crippen molar-refractivity contribution < 1.29 is 19.4 Å². The minimum Gasteiger partial charge on any atom is -0.493 e. The molecule has 0 unspecified atom stereocenters. The van der Waals surface area contributed by atoms with Gasteiger partial charge in [0.15, 0.2) is 17.2 Å². The summed E-state index contributed by atoms with van der Waals surface area (Å²) >= 11 is 0. The zero-order chi connectivity index (χ0) is 18.3. The quantitative estimate of drug-likeness (QED) is 0.671. The van der Waals surface area contributed by atoms with Gasteiger partial charge in [0.05, 0.1) is 5.52 Å². The second-order valence-electron chi connectivity index (χ2n) is 6.36. The lowest BCUT2D eigenvalue weighted by atomic mass is 10.0. The van der Waals surface area contributed by atoms with E-state index in [4.69, 9.17) is 9.47 Å². The Bertz CT molecular complexity index is 1040. The number of carbonyl (C=O) groups excluding carboxylic acids is 1. The van der Waals surface area contributed by atoms with Crippen LogP contribution < -0.4 is 9.47 Å². The van der Waals surface area contributed by atoms with Crippen molar-refractivity contribution in [2.75, 3.05) is 6.79 Å². The first-order chi connectivity index (χ1) is 12.5. The molecule has 1 aromatic heterocycles. The highest BCUT2D eigenvalue weighted by Crippen LogP contribution is 2.37. The van der Waals surface area contributed by atoms with Gasteiger partial charge in [0, 0.05) is 10.9 Å². The summed E-state index contributed by atoms with van der Waals surface area (Å²) in [6, 6.07) is 10.6. The topological polar surface area (TPSA) is 96.3 Å². The number of ether oxygens (including phenoxy) is 2. The Hall–Kier alpha value is -3.35. The van der Waals surface area contributed by atoms with Crippen molar-refractivity contribution in [2.45, 2.75) is 19.8 Å². The largest absolute Gasteiger partial charge is 0.493 e. The van der Waals surface area contributed by atoms with Crippen LogP contribution in [0.3, 0.4) is 0 Å². The number of nitrogens with one attached hydrogen (secondary N) is 1. The second kappa shape index (κ2) is 6.18. The van der Waals surface area contributed by atoms with Crippen LogP contribution in [0, 0.1) is 0 Å². The van der Waals surface area contributed by atoms with Gasteiger partial charge in [-0.3, -0.25) is 4.79 Å². The highest BCUT2D eigenvalue weighted by atomic mass is 16.7. The number of fused-ring (bicyclic) bond motifs is 2. The Kier molecular flexibility index (Phi) is 3.84. The molecule has 0 atom stereocenters. The molecule has 3 aromatic rings. The van der Waals surface area contributed by atoms with Crippen LogP contribution in [0.25, 0.3) is 10.9 Å². The van der Waals surface area contributed by atoms with Crippen molar-refractivity contribution in [1.29, 1.82) is 0 Å². The molecule has 0 aliphatic carbocycles. The van der Waals surface area contributed by atoms with Crippen LogP contribution in [0.2, 0.25) is 0 Å². The van der Waals surface area contributed by atoms with Crippen LogP contribution in [0.1, 0.15) is 35.7 Å². The lowest BCUT2D eigenvalue weighted by molar-refractivity contribution is 0.0994. The monoisotopic (exact) mass is 351 g/mol. The van der Waals surface area contributed by atoms with Gasteiger partial charge >= 0.3 is 0 Å². The molecular formula is C19H17N3O4. The normalized spacial score (nSPS) is 13.2. The molecule has 132 valence electrons. The maximum atomic E-state index is 12.3. The van der Waals surface area contributed by atoms with E-state index in [0.29, 0.717) is 23.0 Å². The van der Waals surface area contributed by atoms with Gasteiger partial charge in [0.25, 0.3) is 5.91 Å². The minimum absolute atomic E-state index is 0.122. The number of nitrogens with zero attached hydrogens (tertiary/aromatic N) is 2. The lowest BCUT2D eigenvalue weighted by Crippen LogP contribution is -1.94. The molecule has 0 radical (unpaired) electrons. The summed E-state index contributed by atoms with van der Waals surface area (Å²) in [6.45, 7) is 4.30. The zero-order valence-electron chi connectivity index (χ0n) is 14.3. The van der Waals surface area contributed by atoms with Gasteiger partial charge < -0.3 is 19.6 Å². The molecule has 0 spiro atoms. The first-order valence-corrected chi connectivity index (χ1v) is 8.23. The number of aromatic nitrogens is 1. The Balaban J connectivity index is 1.66. The standard InChI is InChI=1S/C19H17N3O4/c1-10(2)11-3-5-14-13(7-11)17(19(24)20-14)21-22-18(23)12-4-6-15-16(8-12)26-9-25-15/h3-8,10,20,24H,9H2,1-2H3. The molecule has 2 N–H and O–H groups in total. The predicted molar refractivity (Wildman–Crippen MR) is 95.5 cm³/mol. The van der Waals surface area contributed by atoms with Crippen molar-refractivity contribution in [1.82, 2.24) is 4.98 Å². The molecule has 7 heteroatoms. The molecule has 2 heterocycles. The number of azo groups is 1. The van der Waals surface area contributed by atoms with Gasteiger partial charge in [0.2, 0.25) is 12.7 Å². The molecule has 0 saturated carbocycles. The highest BCUT2D eigenvalue weighted by molar-refractivity contribution is 5.97. The Morgan fingerprint density at radius 2 is 1.96 bits per heavy atom. The fourth-order valence-corrected chi connectivity index (χ4v) is 2.82. The molecule has 4 rings (SSSR count). The third-order valence-electron chi connectivity index (χ3n) is 4.30. The fraction of sp³-hybridized carbons (Fsp3) is 0.211. The summed E-state index contributed by atoms with van der Waals surface area (Å²) in [5.41, 5.74) is 2.42. The van der Waals surface area contributed by atoms with E-state index in [1.165, 1.54) is 0 Å². The average molecular weight is 351 g/mol. The van der Waals surface area contributed by atoms with E-state index in [1.807, 2.05) is 18.2 Å². The van der Waals surface area contributed by atoms with Crippen LogP contribution >= 0.6 is 0 Å². The maximum Gasteiger partial charge on any atom is 0.295 e. The molecular weight excluding hydrogens is 334 g/mol. The molecule has 1 aliphatic rings. The van der Waals surface area contributed by atoms with Crippen molar-refractivity contribution in [3.05, 3.63) is 47.5 Å². The molecule has 26 heavy (non-hydrogen) atoms. The predicted octanol–water partition coefficient (Wildman–Crippen LogP) is 4.65. The number of hydrogen-bond donors (Lipinski definition) is 2. The van der Waals surface area contributed by atoms with Crippen LogP contribution in [0.5, 0.6) is 17.4 Å². The van der Waals surface area contributed by atoms with Crippen LogP contribution in [-0.4, -0.2) is 22.8 Å². The van der Waals surface area contributed by atoms with Crippen LogP contribution in [0.4, 0.5) is 5.69 Å². The number of hydrogen-bond acceptors (Lipinski definition) is 5. The Labute approximate surface area is 149 Å². The van der Waals surface area contributed by atoms with Gasteiger partial charge in [-0.15, -0.1) is 10.2 Å². The molecule has 0 fully saturated rings. The SMILES string of the molecule is CC(C)c1ccc2[nH]c(O)c(N=NC(=O)c3ccc4c(c3)OCO4)c2c1. The van der Waals surface area contributed by atoms with Crippen molar-refractivity contribution in [3.8, 4) is 17.4 Å². The zero-order valence-corrected chi connectivity index (χ0v) is 14.3. The molecule has 1 amide bonds. The molecule has 2 aromatic carbocycles. The third-order valence-corrected chi connectivity index (χ3v) is 4.30. The molecule has 7 nitrogen and oxygen atoms in total. The number of H-pyrrole nitrogens is 1. The smallest absolute Gasteiger partial charge is 0.295 e. The summed E-state index contributed by atoms with van der Waals surface area (Å²) in [6.07, 6.45) is 0. The number of amides is 1. The molecule has 1 aliphatic heterocycles. The Morgan fingerprint density at radius 1 is 1.15 bits per heavy atom. The first kappa shape index (κ1) is 16.1. The van der Waals surface area contributed by atoms with E-state index >= 15 is 0 Å². The lowest BCUT2D eigenvalue weighted by Gasteiger charge is -2.04.